The maximum Gasteiger partial charge on any atom is 0.239 e. The summed E-state index contributed by atoms with van der Waals surface area (Å²) in [5.74, 6) is 1.38. The Kier molecular flexibility index (Phi) is 3.87. The number of halogens is 1. The summed E-state index contributed by atoms with van der Waals surface area (Å²) in [6.07, 6.45) is 3.91. The third kappa shape index (κ3) is 2.95. The number of nitrogens with two attached hydrogens (primary N) is 1. The Balaban J connectivity index is 1.64. The van der Waals surface area contributed by atoms with Gasteiger partial charge in [0, 0.05) is 0 Å². The van der Waals surface area contributed by atoms with Gasteiger partial charge in [0.15, 0.2) is 0 Å². The van der Waals surface area contributed by atoms with Crippen LogP contribution in [-0.2, 0) is 10.0 Å². The number of nitrogens with zero attached hydrogens (tertiary/aromatic N) is 1. The van der Waals surface area contributed by atoms with Gasteiger partial charge in [0.2, 0.25) is 15.9 Å². The van der Waals surface area contributed by atoms with Crippen LogP contribution in [-0.4, -0.2) is 30.7 Å². The van der Waals surface area contributed by atoms with Gasteiger partial charge in [-0.3, -0.25) is 0 Å². The molecule has 122 valence electrons. The lowest BCUT2D eigenvalue weighted by Gasteiger charge is -2.32. The van der Waals surface area contributed by atoms with E-state index in [0.717, 1.165) is 25.5 Å². The summed E-state index contributed by atoms with van der Waals surface area (Å²) in [4.78, 5) is 3.80. The van der Waals surface area contributed by atoms with Crippen LogP contribution < -0.4 is 9.88 Å². The predicted octanol–water partition coefficient (Wildman–Crippen LogP) is 1.56. The summed E-state index contributed by atoms with van der Waals surface area (Å²) in [6, 6.07) is 1.24. The van der Waals surface area contributed by atoms with Crippen molar-refractivity contribution in [1.29, 1.82) is 0 Å². The molecule has 6 nitrogen and oxygen atoms in total. The lowest BCUT2D eigenvalue weighted by molar-refractivity contribution is -0.0121. The van der Waals surface area contributed by atoms with E-state index in [1.54, 1.807) is 0 Å². The second-order valence-electron chi connectivity index (χ2n) is 6.56. The molecule has 1 unspecified atom stereocenters. The highest BCUT2D eigenvalue weighted by Gasteiger charge is 2.51. The summed E-state index contributed by atoms with van der Waals surface area (Å²) in [5, 5.41) is 15.3. The highest BCUT2D eigenvalue weighted by Crippen LogP contribution is 2.53. The molecule has 0 aliphatic heterocycles. The van der Waals surface area contributed by atoms with Gasteiger partial charge in [0.1, 0.15) is 9.92 Å². The second kappa shape index (κ2) is 5.33. The van der Waals surface area contributed by atoms with Gasteiger partial charge < -0.3 is 9.84 Å². The van der Waals surface area contributed by atoms with Crippen LogP contribution in [0.15, 0.2) is 17.2 Å². The number of fused-ring (bicyclic) bond motifs is 2. The van der Waals surface area contributed by atoms with Crippen molar-refractivity contribution in [2.75, 3.05) is 6.61 Å². The van der Waals surface area contributed by atoms with Crippen LogP contribution in [0.5, 0.6) is 5.88 Å². The molecule has 4 atom stereocenters. The van der Waals surface area contributed by atoms with Gasteiger partial charge in [0.05, 0.1) is 18.4 Å². The summed E-state index contributed by atoms with van der Waals surface area (Å²) in [7, 11) is -3.82. The van der Waals surface area contributed by atoms with Crippen molar-refractivity contribution in [1.82, 2.24) is 4.98 Å². The van der Waals surface area contributed by atoms with E-state index in [9.17, 15) is 13.5 Å². The zero-order chi connectivity index (χ0) is 16.1. The molecular weight excluding hydrogens is 328 g/mol. The van der Waals surface area contributed by atoms with Crippen LogP contribution in [0, 0.1) is 17.8 Å². The van der Waals surface area contributed by atoms with E-state index in [4.69, 9.17) is 21.5 Å². The molecule has 2 fully saturated rings. The minimum absolute atomic E-state index is 0.127. The van der Waals surface area contributed by atoms with Crippen LogP contribution in [0.3, 0.4) is 0 Å². The number of pyridine rings is 1. The molecule has 2 saturated carbocycles. The normalized spacial score (nSPS) is 34.1. The third-order valence-electron chi connectivity index (χ3n) is 4.94. The Labute approximate surface area is 134 Å². The SMILES string of the molecule is CC1(O)C[C@@H]2C[C@@H]1C[C@@H]2COc1ncc(S(N)(=O)=O)cc1Cl. The lowest BCUT2D eigenvalue weighted by Crippen LogP contribution is -2.35. The molecule has 0 aromatic carbocycles. The first kappa shape index (κ1) is 16.0. The number of sulfonamides is 1. The van der Waals surface area contributed by atoms with Gasteiger partial charge in [-0.15, -0.1) is 0 Å². The first-order valence-corrected chi connectivity index (χ1v) is 9.13. The fourth-order valence-corrected chi connectivity index (χ4v) is 4.49. The number of hydrogen-bond acceptors (Lipinski definition) is 5. The first-order valence-electron chi connectivity index (χ1n) is 7.20. The quantitative estimate of drug-likeness (QED) is 0.861. The van der Waals surface area contributed by atoms with Crippen molar-refractivity contribution in [3.8, 4) is 5.88 Å². The molecule has 0 saturated heterocycles. The monoisotopic (exact) mass is 346 g/mol. The van der Waals surface area contributed by atoms with E-state index < -0.39 is 15.6 Å². The van der Waals surface area contributed by atoms with Gasteiger partial charge >= 0.3 is 0 Å². The van der Waals surface area contributed by atoms with Crippen molar-refractivity contribution in [2.24, 2.45) is 22.9 Å². The molecule has 3 rings (SSSR count). The first-order chi connectivity index (χ1) is 10.2. The number of primary sulfonamides is 1. The zero-order valence-corrected chi connectivity index (χ0v) is 13.8. The molecule has 2 bridgehead atoms. The van der Waals surface area contributed by atoms with E-state index in [1.165, 1.54) is 6.07 Å². The summed E-state index contributed by atoms with van der Waals surface area (Å²) in [6.45, 7) is 2.37. The Morgan fingerprint density at radius 1 is 1.55 bits per heavy atom. The highest BCUT2D eigenvalue weighted by atomic mass is 35.5. The maximum atomic E-state index is 11.2. The molecular formula is C14H19ClN2O4S. The molecule has 1 heterocycles. The third-order valence-corrected chi connectivity index (χ3v) is 6.09. The van der Waals surface area contributed by atoms with Crippen molar-refractivity contribution in [3.63, 3.8) is 0 Å². The van der Waals surface area contributed by atoms with Crippen LogP contribution in [0.4, 0.5) is 0 Å². The number of ether oxygens (including phenoxy) is 1. The average molecular weight is 347 g/mol. The molecule has 3 N–H and O–H groups in total. The number of aromatic nitrogens is 1. The average Bonchev–Trinajstić information content (AvgIpc) is 2.91. The zero-order valence-electron chi connectivity index (χ0n) is 12.2. The smallest absolute Gasteiger partial charge is 0.239 e. The Bertz CT molecular complexity index is 692. The molecule has 0 radical (unpaired) electrons. The highest BCUT2D eigenvalue weighted by molar-refractivity contribution is 7.89. The van der Waals surface area contributed by atoms with E-state index in [0.29, 0.717) is 24.4 Å². The van der Waals surface area contributed by atoms with Gasteiger partial charge in [-0.1, -0.05) is 11.6 Å². The number of rotatable bonds is 4. The molecule has 22 heavy (non-hydrogen) atoms. The topological polar surface area (TPSA) is 103 Å². The Morgan fingerprint density at radius 2 is 2.27 bits per heavy atom. The van der Waals surface area contributed by atoms with Crippen molar-refractivity contribution >= 4 is 21.6 Å². The van der Waals surface area contributed by atoms with Crippen LogP contribution in [0.25, 0.3) is 0 Å². The number of aliphatic hydroxyl groups is 1. The maximum absolute atomic E-state index is 11.2. The van der Waals surface area contributed by atoms with Gasteiger partial charge in [-0.05, 0) is 50.0 Å². The molecule has 1 aromatic rings. The molecule has 2 aliphatic rings. The minimum Gasteiger partial charge on any atom is -0.476 e. The standard InChI is InChI=1S/C14H19ClN2O4S/c1-14(18)5-8-2-10(14)3-9(8)7-21-13-12(15)4-11(6-17-13)22(16,19)20/h4,6,8-10,18H,2-3,5,7H2,1H3,(H2,16,19,20)/t8-,9+,10+,14?/m0/s1. The van der Waals surface area contributed by atoms with Crippen LogP contribution in [0.2, 0.25) is 5.02 Å². The Hall–Kier alpha value is -0.890. The van der Waals surface area contributed by atoms with Gasteiger partial charge in [-0.2, -0.15) is 0 Å². The van der Waals surface area contributed by atoms with Crippen molar-refractivity contribution in [2.45, 2.75) is 36.7 Å². The van der Waals surface area contributed by atoms with E-state index in [-0.39, 0.29) is 15.8 Å². The summed E-state index contributed by atoms with van der Waals surface area (Å²) >= 11 is 6.00. The molecule has 8 heteroatoms. The summed E-state index contributed by atoms with van der Waals surface area (Å²) in [5.41, 5.74) is -0.547. The number of hydrogen-bond donors (Lipinski definition) is 2. The second-order valence-corrected chi connectivity index (χ2v) is 8.53. The van der Waals surface area contributed by atoms with Gasteiger partial charge in [0.25, 0.3) is 0 Å². The fourth-order valence-electron chi connectivity index (χ4n) is 3.73. The molecule has 0 spiro atoms. The fraction of sp³-hybridized carbons (Fsp3) is 0.643. The largest absolute Gasteiger partial charge is 0.476 e. The van der Waals surface area contributed by atoms with Crippen LogP contribution >= 0.6 is 11.6 Å². The molecule has 1 aromatic heterocycles. The Morgan fingerprint density at radius 3 is 2.77 bits per heavy atom. The van der Waals surface area contributed by atoms with Crippen LogP contribution in [0.1, 0.15) is 26.2 Å². The summed E-state index contributed by atoms with van der Waals surface area (Å²) < 4.78 is 28.1. The lowest BCUT2D eigenvalue weighted by atomic mass is 9.80. The van der Waals surface area contributed by atoms with Crippen molar-refractivity contribution < 1.29 is 18.3 Å². The van der Waals surface area contributed by atoms with Gasteiger partial charge in [-0.25, -0.2) is 18.5 Å². The predicted molar refractivity (Wildman–Crippen MR) is 81.1 cm³/mol. The minimum atomic E-state index is -3.82. The van der Waals surface area contributed by atoms with E-state index in [1.807, 2.05) is 6.92 Å². The van der Waals surface area contributed by atoms with Crippen molar-refractivity contribution in [3.05, 3.63) is 17.3 Å². The van der Waals surface area contributed by atoms with E-state index in [2.05, 4.69) is 4.98 Å². The van der Waals surface area contributed by atoms with E-state index >= 15 is 0 Å². The molecule has 0 amide bonds. The molecule has 2 aliphatic carbocycles.